The van der Waals surface area contributed by atoms with Gasteiger partial charge in [-0.15, -0.1) is 0 Å². The first-order valence-electron chi connectivity index (χ1n) is 13.8. The minimum atomic E-state index is -0.324. The third-order valence-electron chi connectivity index (χ3n) is 8.67. The second-order valence-corrected chi connectivity index (χ2v) is 11.7. The molecule has 2 aromatic rings. The van der Waals surface area contributed by atoms with Crippen molar-refractivity contribution in [2.24, 2.45) is 0 Å². The number of carbonyl (C=O) groups is 4. The first-order chi connectivity index (χ1) is 18.2. The van der Waals surface area contributed by atoms with Crippen LogP contribution in [0.2, 0.25) is 0 Å². The van der Waals surface area contributed by atoms with Crippen molar-refractivity contribution in [3.8, 4) is 0 Å². The molecule has 1 aliphatic carbocycles. The molecule has 0 radical (unpaired) electrons. The van der Waals surface area contributed by atoms with E-state index in [1.165, 1.54) is 25.7 Å². The standard InChI is InChI=1S/C30H36N4O4.2HI/c1-33(15-3-4-16-33)19-13-25(35)31-23-11-7-9-21-27(23)29(37)22-10-8-12-24(28(22)30(21)38)32-26(36)14-20-34(2)17-5-6-18-34;;/h7-12H,3-6,13-20H2,1-2H3;2*1H. The summed E-state index contributed by atoms with van der Waals surface area (Å²) in [5, 5.41) is 5.79. The zero-order valence-electron chi connectivity index (χ0n) is 23.2. The van der Waals surface area contributed by atoms with Crippen LogP contribution >= 0.6 is 0 Å². The van der Waals surface area contributed by atoms with Gasteiger partial charge in [0, 0.05) is 36.8 Å². The second kappa shape index (κ2) is 13.4. The Hall–Kier alpha value is -1.90. The van der Waals surface area contributed by atoms with Gasteiger partial charge in [-0.05, 0) is 12.1 Å². The molecule has 0 atom stereocenters. The Bertz CT molecular complexity index is 1200. The van der Waals surface area contributed by atoms with Crippen LogP contribution in [0.3, 0.4) is 0 Å². The third kappa shape index (κ3) is 6.93. The molecule has 2 saturated heterocycles. The van der Waals surface area contributed by atoms with Crippen LogP contribution in [0.15, 0.2) is 36.4 Å². The number of quaternary nitrogens is 2. The second-order valence-electron chi connectivity index (χ2n) is 11.7. The van der Waals surface area contributed by atoms with Gasteiger partial charge in [-0.3, -0.25) is 19.2 Å². The minimum Gasteiger partial charge on any atom is -1.00 e. The van der Waals surface area contributed by atoms with Gasteiger partial charge in [0.25, 0.3) is 0 Å². The Morgan fingerprint density at radius 1 is 0.650 bits per heavy atom. The van der Waals surface area contributed by atoms with Gasteiger partial charge in [0.2, 0.25) is 11.8 Å². The summed E-state index contributed by atoms with van der Waals surface area (Å²) in [5.41, 5.74) is 1.64. The molecule has 5 rings (SSSR count). The van der Waals surface area contributed by atoms with Crippen LogP contribution in [0.4, 0.5) is 11.4 Å². The molecule has 8 nitrogen and oxygen atoms in total. The predicted molar refractivity (Wildman–Crippen MR) is 146 cm³/mol. The fourth-order valence-corrected chi connectivity index (χ4v) is 6.26. The Balaban J connectivity index is 0.00000220. The maximum atomic E-state index is 13.6. The van der Waals surface area contributed by atoms with E-state index < -0.39 is 0 Å². The number of anilines is 2. The summed E-state index contributed by atoms with van der Waals surface area (Å²) in [4.78, 5) is 52.9. The van der Waals surface area contributed by atoms with Gasteiger partial charge < -0.3 is 67.6 Å². The highest BCUT2D eigenvalue weighted by Gasteiger charge is 2.35. The van der Waals surface area contributed by atoms with Gasteiger partial charge >= 0.3 is 0 Å². The van der Waals surface area contributed by atoms with Gasteiger partial charge in [-0.1, -0.05) is 24.3 Å². The third-order valence-corrected chi connectivity index (χ3v) is 8.67. The molecule has 0 spiro atoms. The van der Waals surface area contributed by atoms with Crippen LogP contribution in [-0.2, 0) is 9.59 Å². The fraction of sp³-hybridized carbons (Fsp3) is 0.467. The van der Waals surface area contributed by atoms with E-state index in [1.54, 1.807) is 36.4 Å². The molecule has 3 aliphatic rings. The maximum Gasteiger partial charge on any atom is 0.230 e. The number of fused-ring (bicyclic) bond motifs is 2. The van der Waals surface area contributed by atoms with Gasteiger partial charge in [0.1, 0.15) is 0 Å². The molecular weight excluding hydrogens is 734 g/mol. The van der Waals surface area contributed by atoms with Crippen molar-refractivity contribution in [1.82, 2.24) is 0 Å². The lowest BCUT2D eigenvalue weighted by Crippen LogP contribution is -3.00. The molecule has 2 aromatic carbocycles. The molecular formula is C30H38I2N4O4. The molecule has 10 heteroatoms. The van der Waals surface area contributed by atoms with Gasteiger partial charge in [0.05, 0.1) is 88.7 Å². The summed E-state index contributed by atoms with van der Waals surface area (Å²) in [6.45, 7) is 5.81. The topological polar surface area (TPSA) is 92.3 Å². The van der Waals surface area contributed by atoms with Crippen molar-refractivity contribution < 1.29 is 76.1 Å². The van der Waals surface area contributed by atoms with Crippen molar-refractivity contribution in [3.05, 3.63) is 58.7 Å². The van der Waals surface area contributed by atoms with Crippen molar-refractivity contribution in [2.45, 2.75) is 38.5 Å². The number of carbonyl (C=O) groups excluding carboxylic acids is 4. The number of nitrogens with one attached hydrogen (secondary N) is 2. The van der Waals surface area contributed by atoms with Gasteiger partial charge in [-0.2, -0.15) is 0 Å². The number of ketones is 2. The summed E-state index contributed by atoms with van der Waals surface area (Å²) >= 11 is 0. The molecule has 0 saturated carbocycles. The van der Waals surface area contributed by atoms with Gasteiger partial charge in [-0.25, -0.2) is 0 Å². The summed E-state index contributed by atoms with van der Waals surface area (Å²) in [6.07, 6.45) is 5.44. The number of rotatable bonds is 8. The molecule has 2 heterocycles. The SMILES string of the molecule is C[N+]1(CCC(=O)Nc2cccc3c2C(=O)c2cccc(NC(=O)CC[N+]4(C)CCCC4)c2C3=O)CCCC1.[I-].[I-]. The average molecular weight is 772 g/mol. The summed E-state index contributed by atoms with van der Waals surface area (Å²) in [5.74, 6) is -0.970. The summed E-state index contributed by atoms with van der Waals surface area (Å²) < 4.78 is 1.77. The largest absolute Gasteiger partial charge is 1.00 e. The van der Waals surface area contributed by atoms with E-state index in [0.717, 1.165) is 48.2 Å². The first kappa shape index (κ1) is 32.6. The Kier molecular flexibility index (Phi) is 10.9. The highest BCUT2D eigenvalue weighted by molar-refractivity contribution is 6.32. The van der Waals surface area contributed by atoms with Crippen molar-refractivity contribution in [3.63, 3.8) is 0 Å². The number of hydrogen-bond donors (Lipinski definition) is 2. The van der Waals surface area contributed by atoms with Crippen LogP contribution in [0.5, 0.6) is 0 Å². The smallest absolute Gasteiger partial charge is 0.230 e. The van der Waals surface area contributed by atoms with E-state index in [2.05, 4.69) is 24.7 Å². The van der Waals surface area contributed by atoms with E-state index >= 15 is 0 Å². The Morgan fingerprint density at radius 3 is 1.35 bits per heavy atom. The highest BCUT2D eigenvalue weighted by atomic mass is 127. The normalized spacial score (nSPS) is 18.1. The predicted octanol–water partition coefficient (Wildman–Crippen LogP) is -2.39. The van der Waals surface area contributed by atoms with Crippen molar-refractivity contribution >= 4 is 34.8 Å². The monoisotopic (exact) mass is 772 g/mol. The lowest BCUT2D eigenvalue weighted by atomic mass is 9.82. The quantitative estimate of drug-likeness (QED) is 0.198. The summed E-state index contributed by atoms with van der Waals surface area (Å²) in [6, 6.07) is 9.93. The first-order valence-corrected chi connectivity index (χ1v) is 13.8. The molecule has 0 bridgehead atoms. The molecule has 2 fully saturated rings. The van der Waals surface area contributed by atoms with Crippen LogP contribution in [0, 0.1) is 0 Å². The number of amides is 2. The molecule has 40 heavy (non-hydrogen) atoms. The van der Waals surface area contributed by atoms with E-state index in [0.29, 0.717) is 24.2 Å². The minimum absolute atomic E-state index is 0. The van der Waals surface area contributed by atoms with Crippen LogP contribution in [-0.4, -0.2) is 85.7 Å². The molecule has 216 valence electrons. The van der Waals surface area contributed by atoms with Crippen molar-refractivity contribution in [1.29, 1.82) is 0 Å². The Morgan fingerprint density at radius 2 is 1.00 bits per heavy atom. The van der Waals surface area contributed by atoms with E-state index in [-0.39, 0.29) is 93.6 Å². The average Bonchev–Trinajstić information content (AvgIpc) is 3.54. The van der Waals surface area contributed by atoms with Crippen molar-refractivity contribution in [2.75, 3.05) is 64.0 Å². The van der Waals surface area contributed by atoms with Crippen LogP contribution in [0.25, 0.3) is 0 Å². The van der Waals surface area contributed by atoms with Crippen LogP contribution < -0.4 is 58.6 Å². The highest BCUT2D eigenvalue weighted by Crippen LogP contribution is 2.35. The number of hydrogen-bond acceptors (Lipinski definition) is 4. The van der Waals surface area contributed by atoms with Gasteiger partial charge in [0.15, 0.2) is 11.6 Å². The fourth-order valence-electron chi connectivity index (χ4n) is 6.26. The molecule has 2 amide bonds. The molecule has 2 N–H and O–H groups in total. The van der Waals surface area contributed by atoms with Crippen LogP contribution in [0.1, 0.15) is 70.4 Å². The van der Waals surface area contributed by atoms with E-state index in [1.807, 2.05) is 0 Å². The summed E-state index contributed by atoms with van der Waals surface area (Å²) in [7, 11) is 4.35. The number of likely N-dealkylation sites (tertiary alicyclic amines) is 2. The molecule has 0 unspecified atom stereocenters. The zero-order chi connectivity index (χ0) is 26.9. The maximum absolute atomic E-state index is 13.6. The molecule has 0 aromatic heterocycles. The zero-order valence-corrected chi connectivity index (χ0v) is 27.5. The van der Waals surface area contributed by atoms with E-state index in [9.17, 15) is 19.2 Å². The lowest BCUT2D eigenvalue weighted by Gasteiger charge is -2.29. The molecule has 2 aliphatic heterocycles. The van der Waals surface area contributed by atoms with E-state index in [4.69, 9.17) is 0 Å². The number of halogens is 2. The number of benzene rings is 2. The lowest BCUT2D eigenvalue weighted by molar-refractivity contribution is -0.897. The Labute approximate surface area is 270 Å². The number of nitrogens with zero attached hydrogens (tertiary/aromatic N) is 2.